The van der Waals surface area contributed by atoms with Gasteiger partial charge in [0.25, 0.3) is 0 Å². The average Bonchev–Trinajstić information content (AvgIpc) is 3.37. The molecule has 1 aromatic rings. The van der Waals surface area contributed by atoms with Crippen LogP contribution < -0.4 is 11.1 Å². The van der Waals surface area contributed by atoms with E-state index >= 15 is 0 Å². The zero-order valence-electron chi connectivity index (χ0n) is 12.6. The lowest BCUT2D eigenvalue weighted by atomic mass is 9.95. The lowest BCUT2D eigenvalue weighted by molar-refractivity contribution is 0.357. The Bertz CT molecular complexity index is 423. The maximum absolute atomic E-state index is 6.04. The largest absolute Gasteiger partial charge is 0.329 e. The monoisotopic (exact) mass is 272 g/mol. The van der Waals surface area contributed by atoms with Crippen LogP contribution in [0.3, 0.4) is 0 Å². The molecule has 0 heterocycles. The van der Waals surface area contributed by atoms with Crippen molar-refractivity contribution in [2.45, 2.75) is 45.1 Å². The number of rotatable bonds is 8. The third-order valence-electron chi connectivity index (χ3n) is 5.10. The predicted molar refractivity (Wildman–Crippen MR) is 84.6 cm³/mol. The second kappa shape index (κ2) is 6.28. The smallest absolute Gasteiger partial charge is 0.0447 e. The standard InChI is InChI=1S/C18H28N2/c1-2-13-5-3-4-6-16(13)18(11-19)20-12-17(14-7-8-14)15-9-10-15/h3-6,14-15,17-18,20H,2,7-12,19H2,1H3. The van der Waals surface area contributed by atoms with Gasteiger partial charge < -0.3 is 11.1 Å². The second-order valence-electron chi connectivity index (χ2n) is 6.59. The van der Waals surface area contributed by atoms with Crippen LogP contribution in [-0.2, 0) is 6.42 Å². The van der Waals surface area contributed by atoms with Gasteiger partial charge in [-0.3, -0.25) is 0 Å². The summed E-state index contributed by atoms with van der Waals surface area (Å²) >= 11 is 0. The lowest BCUT2D eigenvalue weighted by Gasteiger charge is -2.24. The minimum atomic E-state index is 0.325. The van der Waals surface area contributed by atoms with E-state index in [1.54, 1.807) is 0 Å². The maximum atomic E-state index is 6.04. The highest BCUT2D eigenvalue weighted by atomic mass is 14.9. The van der Waals surface area contributed by atoms with Crippen LogP contribution in [0.2, 0.25) is 0 Å². The molecule has 1 aromatic carbocycles. The third-order valence-corrected chi connectivity index (χ3v) is 5.10. The lowest BCUT2D eigenvalue weighted by Crippen LogP contribution is -2.34. The molecule has 0 aromatic heterocycles. The highest BCUT2D eigenvalue weighted by Crippen LogP contribution is 2.49. The molecule has 0 radical (unpaired) electrons. The minimum Gasteiger partial charge on any atom is -0.329 e. The molecule has 2 saturated carbocycles. The molecule has 110 valence electrons. The Kier molecular flexibility index (Phi) is 4.42. The molecule has 3 N–H and O–H groups in total. The topological polar surface area (TPSA) is 38.0 Å². The van der Waals surface area contributed by atoms with Gasteiger partial charge in [-0.1, -0.05) is 31.2 Å². The van der Waals surface area contributed by atoms with E-state index in [0.29, 0.717) is 12.6 Å². The van der Waals surface area contributed by atoms with Crippen molar-refractivity contribution in [1.29, 1.82) is 0 Å². The number of hydrogen-bond donors (Lipinski definition) is 2. The number of benzene rings is 1. The highest BCUT2D eigenvalue weighted by molar-refractivity contribution is 5.30. The van der Waals surface area contributed by atoms with Crippen molar-refractivity contribution in [3.05, 3.63) is 35.4 Å². The Balaban J connectivity index is 1.63. The van der Waals surface area contributed by atoms with Crippen LogP contribution in [0.15, 0.2) is 24.3 Å². The SMILES string of the molecule is CCc1ccccc1C(CN)NCC(C1CC1)C1CC1. The third kappa shape index (κ3) is 3.24. The van der Waals surface area contributed by atoms with Gasteiger partial charge in [-0.25, -0.2) is 0 Å². The molecular formula is C18H28N2. The minimum absolute atomic E-state index is 0.325. The van der Waals surface area contributed by atoms with Crippen molar-refractivity contribution in [2.75, 3.05) is 13.1 Å². The van der Waals surface area contributed by atoms with Gasteiger partial charge in [0.05, 0.1) is 0 Å². The van der Waals surface area contributed by atoms with Gasteiger partial charge in [0.1, 0.15) is 0 Å². The molecule has 0 aliphatic heterocycles. The molecule has 0 spiro atoms. The van der Waals surface area contributed by atoms with Gasteiger partial charge >= 0.3 is 0 Å². The summed E-state index contributed by atoms with van der Waals surface area (Å²) in [7, 11) is 0. The zero-order chi connectivity index (χ0) is 13.9. The van der Waals surface area contributed by atoms with Crippen molar-refractivity contribution in [1.82, 2.24) is 5.32 Å². The zero-order valence-corrected chi connectivity index (χ0v) is 12.6. The van der Waals surface area contributed by atoms with Crippen LogP contribution in [-0.4, -0.2) is 13.1 Å². The molecule has 3 rings (SSSR count). The van der Waals surface area contributed by atoms with Crippen molar-refractivity contribution >= 4 is 0 Å². The molecule has 2 aliphatic rings. The molecule has 0 amide bonds. The van der Waals surface area contributed by atoms with E-state index in [1.165, 1.54) is 36.8 Å². The van der Waals surface area contributed by atoms with E-state index in [-0.39, 0.29) is 0 Å². The van der Waals surface area contributed by atoms with Crippen LogP contribution in [0, 0.1) is 17.8 Å². The summed E-state index contributed by atoms with van der Waals surface area (Å²) in [4.78, 5) is 0. The van der Waals surface area contributed by atoms with E-state index in [2.05, 4.69) is 36.5 Å². The Morgan fingerprint density at radius 3 is 2.35 bits per heavy atom. The predicted octanol–water partition coefficient (Wildman–Crippen LogP) is 3.27. The molecule has 2 aliphatic carbocycles. The summed E-state index contributed by atoms with van der Waals surface area (Å²) in [6.07, 6.45) is 6.93. The summed E-state index contributed by atoms with van der Waals surface area (Å²) in [5.41, 5.74) is 8.88. The molecule has 1 atom stereocenters. The van der Waals surface area contributed by atoms with E-state index < -0.39 is 0 Å². The summed E-state index contributed by atoms with van der Waals surface area (Å²) in [6.45, 7) is 4.08. The Hall–Kier alpha value is -0.860. The highest BCUT2D eigenvalue weighted by Gasteiger charge is 2.41. The first-order valence-corrected chi connectivity index (χ1v) is 8.34. The molecule has 0 saturated heterocycles. The molecule has 0 bridgehead atoms. The van der Waals surface area contributed by atoms with Crippen LogP contribution >= 0.6 is 0 Å². The molecule has 2 fully saturated rings. The molecule has 2 nitrogen and oxygen atoms in total. The molecule has 2 heteroatoms. The summed E-state index contributed by atoms with van der Waals surface area (Å²) < 4.78 is 0. The number of nitrogens with two attached hydrogens (primary N) is 1. The molecule has 20 heavy (non-hydrogen) atoms. The van der Waals surface area contributed by atoms with E-state index in [9.17, 15) is 0 Å². The summed E-state index contributed by atoms with van der Waals surface area (Å²) in [5.74, 6) is 2.93. The van der Waals surface area contributed by atoms with Gasteiger partial charge in [0, 0.05) is 12.6 Å². The number of nitrogens with one attached hydrogen (secondary N) is 1. The number of aryl methyl sites for hydroxylation is 1. The van der Waals surface area contributed by atoms with Gasteiger partial charge in [-0.15, -0.1) is 0 Å². The van der Waals surface area contributed by atoms with Gasteiger partial charge in [0.15, 0.2) is 0 Å². The Morgan fingerprint density at radius 2 is 1.80 bits per heavy atom. The first-order valence-electron chi connectivity index (χ1n) is 8.34. The maximum Gasteiger partial charge on any atom is 0.0447 e. The summed E-state index contributed by atoms with van der Waals surface area (Å²) in [5, 5.41) is 3.78. The quantitative estimate of drug-likeness (QED) is 0.762. The van der Waals surface area contributed by atoms with Crippen LogP contribution in [0.1, 0.15) is 49.8 Å². The van der Waals surface area contributed by atoms with Crippen LogP contribution in [0.5, 0.6) is 0 Å². The van der Waals surface area contributed by atoms with Gasteiger partial charge in [-0.05, 0) is 67.5 Å². The van der Waals surface area contributed by atoms with Crippen molar-refractivity contribution in [3.63, 3.8) is 0 Å². The Labute approximate surface area is 123 Å². The van der Waals surface area contributed by atoms with Gasteiger partial charge in [0.2, 0.25) is 0 Å². The second-order valence-corrected chi connectivity index (χ2v) is 6.59. The average molecular weight is 272 g/mol. The van der Waals surface area contributed by atoms with Crippen molar-refractivity contribution in [2.24, 2.45) is 23.5 Å². The first kappa shape index (κ1) is 14.1. The fourth-order valence-electron chi connectivity index (χ4n) is 3.56. The Morgan fingerprint density at radius 1 is 1.15 bits per heavy atom. The van der Waals surface area contributed by atoms with Crippen LogP contribution in [0.4, 0.5) is 0 Å². The van der Waals surface area contributed by atoms with E-state index in [0.717, 1.165) is 30.7 Å². The fraction of sp³-hybridized carbons (Fsp3) is 0.667. The number of hydrogen-bond acceptors (Lipinski definition) is 2. The van der Waals surface area contributed by atoms with Crippen molar-refractivity contribution in [3.8, 4) is 0 Å². The summed E-state index contributed by atoms with van der Waals surface area (Å²) in [6, 6.07) is 9.07. The van der Waals surface area contributed by atoms with E-state index in [4.69, 9.17) is 5.73 Å². The van der Waals surface area contributed by atoms with E-state index in [1.807, 2.05) is 0 Å². The van der Waals surface area contributed by atoms with Crippen molar-refractivity contribution < 1.29 is 0 Å². The van der Waals surface area contributed by atoms with Crippen LogP contribution in [0.25, 0.3) is 0 Å². The fourth-order valence-corrected chi connectivity index (χ4v) is 3.56. The van der Waals surface area contributed by atoms with Gasteiger partial charge in [-0.2, -0.15) is 0 Å². The first-order chi connectivity index (χ1) is 9.83. The normalized spacial score (nSPS) is 20.4. The molecular weight excluding hydrogens is 244 g/mol. The molecule has 1 unspecified atom stereocenters.